The number of nitrogens with one attached hydrogen (secondary N) is 3. The highest BCUT2D eigenvalue weighted by Crippen LogP contribution is 2.20. The standard InChI is InChI=1S/C39H45N3O3/c1-4-7-10-28-13-19-34(20-14-28)40-37(43)31-25-32(38(44)41-35-21-15-29(16-22-35)11-8-5-2)27-33(26-31)39(45)42-36-23-17-30(18-24-36)12-9-6-3/h13-27H,4-12H2,1-3H3,(H,40,43)(H,41,44)(H,42,45). The van der Waals surface area contributed by atoms with E-state index in [4.69, 9.17) is 0 Å². The Morgan fingerprint density at radius 2 is 0.667 bits per heavy atom. The first kappa shape index (κ1) is 33.2. The quantitative estimate of drug-likeness (QED) is 0.126. The number of unbranched alkanes of at least 4 members (excludes halogenated alkanes) is 3. The lowest BCUT2D eigenvalue weighted by Gasteiger charge is -2.12. The Kier molecular flexibility index (Phi) is 12.5. The molecule has 234 valence electrons. The average Bonchev–Trinajstić information content (AvgIpc) is 3.07. The molecule has 0 saturated carbocycles. The third kappa shape index (κ3) is 10.2. The molecule has 6 heteroatoms. The van der Waals surface area contributed by atoms with Crippen LogP contribution in [0.15, 0.2) is 91.0 Å². The molecule has 0 saturated heterocycles. The molecule has 0 radical (unpaired) electrons. The van der Waals surface area contributed by atoms with Crippen molar-refractivity contribution in [2.24, 2.45) is 0 Å². The van der Waals surface area contributed by atoms with Crippen molar-refractivity contribution in [3.05, 3.63) is 124 Å². The van der Waals surface area contributed by atoms with Crippen LogP contribution >= 0.6 is 0 Å². The molecular weight excluding hydrogens is 558 g/mol. The number of carbonyl (C=O) groups excluding carboxylic acids is 3. The number of anilines is 3. The van der Waals surface area contributed by atoms with E-state index in [0.717, 1.165) is 57.8 Å². The van der Waals surface area contributed by atoms with Crippen molar-refractivity contribution < 1.29 is 14.4 Å². The zero-order valence-electron chi connectivity index (χ0n) is 26.7. The van der Waals surface area contributed by atoms with Crippen LogP contribution in [0.4, 0.5) is 17.1 Å². The molecule has 0 aliphatic carbocycles. The van der Waals surface area contributed by atoms with Crippen molar-refractivity contribution in [3.63, 3.8) is 0 Å². The van der Waals surface area contributed by atoms with E-state index in [-0.39, 0.29) is 16.7 Å². The van der Waals surface area contributed by atoms with E-state index in [1.54, 1.807) is 0 Å². The van der Waals surface area contributed by atoms with E-state index in [1.807, 2.05) is 72.8 Å². The first-order valence-corrected chi connectivity index (χ1v) is 16.2. The molecule has 0 spiro atoms. The predicted molar refractivity (Wildman–Crippen MR) is 185 cm³/mol. The normalized spacial score (nSPS) is 10.7. The maximum absolute atomic E-state index is 13.4. The molecule has 0 atom stereocenters. The molecule has 3 amide bonds. The minimum Gasteiger partial charge on any atom is -0.322 e. The van der Waals surface area contributed by atoms with Gasteiger partial charge in [0, 0.05) is 33.8 Å². The van der Waals surface area contributed by atoms with Crippen molar-refractivity contribution in [1.82, 2.24) is 0 Å². The van der Waals surface area contributed by atoms with E-state index in [0.29, 0.717) is 17.1 Å². The predicted octanol–water partition coefficient (Wildman–Crippen LogP) is 9.47. The molecule has 0 aromatic heterocycles. The molecule has 0 unspecified atom stereocenters. The fraction of sp³-hybridized carbons (Fsp3) is 0.308. The van der Waals surface area contributed by atoms with E-state index in [9.17, 15) is 14.4 Å². The first-order chi connectivity index (χ1) is 21.9. The highest BCUT2D eigenvalue weighted by atomic mass is 16.2. The highest BCUT2D eigenvalue weighted by Gasteiger charge is 2.18. The maximum Gasteiger partial charge on any atom is 0.255 e. The molecule has 0 aliphatic heterocycles. The number of carbonyl (C=O) groups is 3. The average molecular weight is 604 g/mol. The number of rotatable bonds is 15. The Morgan fingerprint density at radius 1 is 0.422 bits per heavy atom. The van der Waals surface area contributed by atoms with Gasteiger partial charge in [0.1, 0.15) is 0 Å². The summed E-state index contributed by atoms with van der Waals surface area (Å²) in [7, 11) is 0. The van der Waals surface area contributed by atoms with Crippen LogP contribution in [0.3, 0.4) is 0 Å². The lowest BCUT2D eigenvalue weighted by molar-refractivity contribution is 0.102. The van der Waals surface area contributed by atoms with Crippen LogP contribution in [-0.4, -0.2) is 17.7 Å². The third-order valence-corrected chi connectivity index (χ3v) is 7.81. The largest absolute Gasteiger partial charge is 0.322 e. The van der Waals surface area contributed by atoms with Gasteiger partial charge < -0.3 is 16.0 Å². The number of hydrogen-bond donors (Lipinski definition) is 3. The summed E-state index contributed by atoms with van der Waals surface area (Å²) < 4.78 is 0. The first-order valence-electron chi connectivity index (χ1n) is 16.2. The van der Waals surface area contributed by atoms with Gasteiger partial charge >= 0.3 is 0 Å². The van der Waals surface area contributed by atoms with Crippen LogP contribution in [0.5, 0.6) is 0 Å². The summed E-state index contributed by atoms with van der Waals surface area (Å²) in [6.07, 6.45) is 9.65. The van der Waals surface area contributed by atoms with Gasteiger partial charge in [-0.05, 0) is 110 Å². The SMILES string of the molecule is CCCCc1ccc(NC(=O)c2cc(C(=O)Nc3ccc(CCCC)cc3)cc(C(=O)Nc3ccc(CCCC)cc3)c2)cc1. The molecule has 4 aromatic rings. The molecule has 4 aromatic carbocycles. The summed E-state index contributed by atoms with van der Waals surface area (Å²) in [6, 6.07) is 27.9. The Hall–Kier alpha value is -4.71. The van der Waals surface area contributed by atoms with E-state index >= 15 is 0 Å². The van der Waals surface area contributed by atoms with Crippen LogP contribution in [0, 0.1) is 0 Å². The van der Waals surface area contributed by atoms with Crippen molar-refractivity contribution in [3.8, 4) is 0 Å². The molecule has 45 heavy (non-hydrogen) atoms. The smallest absolute Gasteiger partial charge is 0.255 e. The molecular formula is C39H45N3O3. The zero-order valence-corrected chi connectivity index (χ0v) is 26.7. The highest BCUT2D eigenvalue weighted by molar-refractivity contribution is 6.12. The molecule has 0 aliphatic rings. The van der Waals surface area contributed by atoms with E-state index in [1.165, 1.54) is 34.9 Å². The monoisotopic (exact) mass is 603 g/mol. The molecule has 4 rings (SSSR count). The van der Waals surface area contributed by atoms with Gasteiger partial charge in [0.15, 0.2) is 0 Å². The van der Waals surface area contributed by atoms with E-state index < -0.39 is 17.7 Å². The summed E-state index contributed by atoms with van der Waals surface area (Å²) >= 11 is 0. The Morgan fingerprint density at radius 3 is 0.889 bits per heavy atom. The summed E-state index contributed by atoms with van der Waals surface area (Å²) in [5, 5.41) is 8.75. The fourth-order valence-electron chi connectivity index (χ4n) is 5.04. The van der Waals surface area contributed by atoms with Gasteiger partial charge in [-0.25, -0.2) is 0 Å². The number of hydrogen-bond acceptors (Lipinski definition) is 3. The van der Waals surface area contributed by atoms with Gasteiger partial charge in [-0.2, -0.15) is 0 Å². The van der Waals surface area contributed by atoms with Crippen molar-refractivity contribution >= 4 is 34.8 Å². The lowest BCUT2D eigenvalue weighted by atomic mass is 10.0. The summed E-state index contributed by atoms with van der Waals surface area (Å²) in [6.45, 7) is 6.48. The second-order valence-electron chi connectivity index (χ2n) is 11.6. The Balaban J connectivity index is 1.56. The Bertz CT molecular complexity index is 1360. The number of aryl methyl sites for hydroxylation is 3. The molecule has 0 heterocycles. The maximum atomic E-state index is 13.4. The van der Waals surface area contributed by atoms with Crippen LogP contribution < -0.4 is 16.0 Å². The van der Waals surface area contributed by atoms with Gasteiger partial charge in [0.05, 0.1) is 0 Å². The molecule has 3 N–H and O–H groups in total. The topological polar surface area (TPSA) is 87.3 Å². The van der Waals surface area contributed by atoms with E-state index in [2.05, 4.69) is 36.7 Å². The van der Waals surface area contributed by atoms with Gasteiger partial charge in [0.2, 0.25) is 0 Å². The minimum absolute atomic E-state index is 0.215. The van der Waals surface area contributed by atoms with Gasteiger partial charge in [0.25, 0.3) is 17.7 Å². The minimum atomic E-state index is -0.402. The van der Waals surface area contributed by atoms with Gasteiger partial charge in [-0.1, -0.05) is 76.4 Å². The second kappa shape index (κ2) is 17.0. The van der Waals surface area contributed by atoms with Crippen LogP contribution in [0.25, 0.3) is 0 Å². The Labute approximate surface area is 267 Å². The molecule has 0 bridgehead atoms. The van der Waals surface area contributed by atoms with Gasteiger partial charge in [-0.15, -0.1) is 0 Å². The van der Waals surface area contributed by atoms with Crippen molar-refractivity contribution in [2.45, 2.75) is 78.6 Å². The zero-order chi connectivity index (χ0) is 32.0. The van der Waals surface area contributed by atoms with Crippen LogP contribution in [-0.2, 0) is 19.3 Å². The molecule has 6 nitrogen and oxygen atoms in total. The summed E-state index contributed by atoms with van der Waals surface area (Å²) in [5.41, 5.74) is 6.22. The third-order valence-electron chi connectivity index (χ3n) is 7.81. The second-order valence-corrected chi connectivity index (χ2v) is 11.6. The van der Waals surface area contributed by atoms with Crippen molar-refractivity contribution in [1.29, 1.82) is 0 Å². The number of amides is 3. The molecule has 0 fully saturated rings. The van der Waals surface area contributed by atoms with Gasteiger partial charge in [-0.3, -0.25) is 14.4 Å². The van der Waals surface area contributed by atoms with Crippen LogP contribution in [0.2, 0.25) is 0 Å². The number of benzene rings is 4. The fourth-order valence-corrected chi connectivity index (χ4v) is 5.04. The summed E-state index contributed by atoms with van der Waals surface area (Å²) in [5.74, 6) is -1.21. The summed E-state index contributed by atoms with van der Waals surface area (Å²) in [4.78, 5) is 40.2. The van der Waals surface area contributed by atoms with Crippen molar-refractivity contribution in [2.75, 3.05) is 16.0 Å². The van der Waals surface area contributed by atoms with Crippen LogP contribution in [0.1, 0.15) is 107 Å². The lowest BCUT2D eigenvalue weighted by Crippen LogP contribution is -2.19.